The number of rotatable bonds is 7. The molecule has 3 heterocycles. The summed E-state index contributed by atoms with van der Waals surface area (Å²) in [4.78, 5) is 44.9. The molecule has 2 amide bonds. The molecule has 0 spiro atoms. The average molecular weight is 563 g/mol. The number of H-pyrrole nitrogens is 1. The number of halogens is 1. The molecule has 0 aliphatic carbocycles. The Morgan fingerprint density at radius 2 is 2.00 bits per heavy atom. The first kappa shape index (κ1) is 28.8. The highest BCUT2D eigenvalue weighted by molar-refractivity contribution is 6.30. The van der Waals surface area contributed by atoms with Crippen molar-refractivity contribution in [2.45, 2.75) is 65.6 Å². The fourth-order valence-corrected chi connectivity index (χ4v) is 5.16. The highest BCUT2D eigenvalue weighted by Gasteiger charge is 2.46. The van der Waals surface area contributed by atoms with E-state index in [-0.39, 0.29) is 35.2 Å². The Labute approximate surface area is 237 Å². The number of pyridine rings is 1. The molecule has 3 aromatic rings. The lowest BCUT2D eigenvalue weighted by atomic mass is 9.84. The van der Waals surface area contributed by atoms with E-state index >= 15 is 0 Å². The van der Waals surface area contributed by atoms with Crippen LogP contribution in [0.4, 0.5) is 0 Å². The molecule has 3 atom stereocenters. The number of benzene rings is 1. The highest BCUT2D eigenvalue weighted by atomic mass is 35.5. The lowest BCUT2D eigenvalue weighted by molar-refractivity contribution is -0.137. The summed E-state index contributed by atoms with van der Waals surface area (Å²) < 4.78 is 5.64. The Bertz CT molecular complexity index is 1550. The quantitative estimate of drug-likeness (QED) is 0.427. The van der Waals surface area contributed by atoms with E-state index in [1.54, 1.807) is 37.8 Å². The van der Waals surface area contributed by atoms with Crippen molar-refractivity contribution in [3.8, 4) is 17.7 Å². The fraction of sp³-hybridized carbons (Fsp3) is 0.379. The Kier molecular flexibility index (Phi) is 8.26. The number of carbonyl (C=O) groups excluding carboxylic acids is 2. The molecule has 0 radical (unpaired) electrons. The minimum atomic E-state index is -0.876. The van der Waals surface area contributed by atoms with Gasteiger partial charge in [0.2, 0.25) is 11.8 Å². The van der Waals surface area contributed by atoms with Gasteiger partial charge in [0.05, 0.1) is 34.8 Å². The van der Waals surface area contributed by atoms with Gasteiger partial charge in [-0.25, -0.2) is 10.1 Å². The minimum absolute atomic E-state index is 0.0363. The van der Waals surface area contributed by atoms with Crippen LogP contribution in [-0.2, 0) is 4.79 Å². The molecule has 1 saturated heterocycles. The summed E-state index contributed by atoms with van der Waals surface area (Å²) in [6.07, 6.45) is 2.64. The number of likely N-dealkylation sites (tertiary alicyclic amines) is 1. The number of hydrogen-bond donors (Lipinski definition) is 2. The zero-order chi connectivity index (χ0) is 29.2. The topological polar surface area (TPSA) is 141 Å². The molecule has 2 aromatic heterocycles. The maximum atomic E-state index is 13.8. The van der Waals surface area contributed by atoms with Gasteiger partial charge in [0.1, 0.15) is 6.04 Å². The smallest absolute Gasteiger partial charge is 0.307 e. The summed E-state index contributed by atoms with van der Waals surface area (Å²) in [5, 5.41) is 19.3. The molecule has 2 N–H and O–H groups in total. The zero-order valence-corrected chi connectivity index (χ0v) is 23.7. The molecule has 10 nitrogen and oxygen atoms in total. The minimum Gasteiger partial charge on any atom is -0.433 e. The van der Waals surface area contributed by atoms with E-state index in [0.717, 1.165) is 5.56 Å². The second-order valence-electron chi connectivity index (χ2n) is 10.6. The van der Waals surface area contributed by atoms with E-state index in [4.69, 9.17) is 16.3 Å². The van der Waals surface area contributed by atoms with Gasteiger partial charge < -0.3 is 15.0 Å². The van der Waals surface area contributed by atoms with Gasteiger partial charge in [-0.15, -0.1) is 0 Å². The maximum Gasteiger partial charge on any atom is 0.307 e. The predicted octanol–water partition coefficient (Wildman–Crippen LogP) is 4.63. The molecule has 11 heteroatoms. The number of carbonyl (C=O) groups is 2. The molecule has 1 aromatic carbocycles. The van der Waals surface area contributed by atoms with Crippen LogP contribution < -0.4 is 15.6 Å². The SMILES string of the molecule is Cc1cc(Oc2ncc(C(=O)N[C@H](C)C(=O)N3C(C(C)(C)C#N)CC[C@H]3c3cccc(Cl)c3)cc2C)c(=O)[nH]n1. The Morgan fingerprint density at radius 3 is 2.67 bits per heavy atom. The number of aryl methyl sites for hydroxylation is 2. The number of nitrogens with zero attached hydrogens (tertiary/aromatic N) is 4. The fourth-order valence-electron chi connectivity index (χ4n) is 4.96. The van der Waals surface area contributed by atoms with E-state index in [0.29, 0.717) is 29.1 Å². The lowest BCUT2D eigenvalue weighted by Crippen LogP contribution is -2.52. The van der Waals surface area contributed by atoms with Crippen LogP contribution in [-0.4, -0.2) is 44.0 Å². The van der Waals surface area contributed by atoms with Crippen LogP contribution in [0.15, 0.2) is 47.4 Å². The van der Waals surface area contributed by atoms with Gasteiger partial charge in [0.15, 0.2) is 5.75 Å². The Morgan fingerprint density at radius 1 is 1.25 bits per heavy atom. The predicted molar refractivity (Wildman–Crippen MR) is 149 cm³/mol. The van der Waals surface area contributed by atoms with E-state index in [1.807, 2.05) is 32.0 Å². The van der Waals surface area contributed by atoms with E-state index < -0.39 is 22.9 Å². The largest absolute Gasteiger partial charge is 0.433 e. The lowest BCUT2D eigenvalue weighted by Gasteiger charge is -2.38. The second kappa shape index (κ2) is 11.5. The van der Waals surface area contributed by atoms with Crippen LogP contribution in [0.2, 0.25) is 5.02 Å². The number of aromatic amines is 1. The monoisotopic (exact) mass is 562 g/mol. The van der Waals surface area contributed by atoms with Gasteiger partial charge >= 0.3 is 5.56 Å². The first-order valence-electron chi connectivity index (χ1n) is 12.9. The van der Waals surface area contributed by atoms with Gasteiger partial charge in [-0.1, -0.05) is 23.7 Å². The number of amides is 2. The van der Waals surface area contributed by atoms with E-state index in [9.17, 15) is 19.6 Å². The molecule has 1 aliphatic rings. The van der Waals surface area contributed by atoms with Crippen LogP contribution in [0.25, 0.3) is 0 Å². The van der Waals surface area contributed by atoms with Crippen molar-refractivity contribution in [3.05, 3.63) is 80.4 Å². The number of nitrogens with one attached hydrogen (secondary N) is 2. The molecule has 0 bridgehead atoms. The standard InChI is InChI=1S/C29H31ClN6O4/c1-16-11-20(14-32-27(16)40-23-12-17(2)34-35-26(23)38)25(37)33-18(3)28(39)36-22(19-7-6-8-21(30)13-19)9-10-24(36)29(4,5)15-31/h6-8,11-14,18,22,24H,9-10H2,1-5H3,(H,33,37)(H,35,38)/t18-,22+,24?/m1/s1. The van der Waals surface area contributed by atoms with Crippen LogP contribution in [0.3, 0.4) is 0 Å². The summed E-state index contributed by atoms with van der Waals surface area (Å²) in [7, 11) is 0. The third-order valence-electron chi connectivity index (χ3n) is 7.11. The van der Waals surface area contributed by atoms with Crippen molar-refractivity contribution in [2.24, 2.45) is 5.41 Å². The Balaban J connectivity index is 1.53. The molecule has 208 valence electrons. The van der Waals surface area contributed by atoms with E-state index in [2.05, 4.69) is 26.6 Å². The van der Waals surface area contributed by atoms with Crippen molar-refractivity contribution in [3.63, 3.8) is 0 Å². The van der Waals surface area contributed by atoms with Crippen LogP contribution in [0, 0.1) is 30.6 Å². The van der Waals surface area contributed by atoms with Crippen molar-refractivity contribution in [2.75, 3.05) is 0 Å². The normalized spacial score (nSPS) is 17.7. The molecule has 40 heavy (non-hydrogen) atoms. The van der Waals surface area contributed by atoms with Gasteiger partial charge in [-0.3, -0.25) is 14.4 Å². The zero-order valence-electron chi connectivity index (χ0n) is 23.0. The van der Waals surface area contributed by atoms with Gasteiger partial charge in [0, 0.05) is 22.8 Å². The van der Waals surface area contributed by atoms with Crippen LogP contribution in [0.5, 0.6) is 11.6 Å². The van der Waals surface area contributed by atoms with Crippen molar-refractivity contribution in [1.82, 2.24) is 25.4 Å². The number of aromatic nitrogens is 3. The van der Waals surface area contributed by atoms with Crippen molar-refractivity contribution >= 4 is 23.4 Å². The summed E-state index contributed by atoms with van der Waals surface area (Å²) in [5.74, 6) is -0.578. The molecule has 1 aliphatic heterocycles. The van der Waals surface area contributed by atoms with Gasteiger partial charge in [0.25, 0.3) is 5.91 Å². The van der Waals surface area contributed by atoms with Crippen LogP contribution >= 0.6 is 11.6 Å². The number of ether oxygens (including phenoxy) is 1. The maximum absolute atomic E-state index is 13.8. The molecule has 1 unspecified atom stereocenters. The molecular weight excluding hydrogens is 532 g/mol. The van der Waals surface area contributed by atoms with Crippen LogP contribution in [0.1, 0.15) is 66.8 Å². The first-order valence-corrected chi connectivity index (χ1v) is 13.3. The number of nitriles is 1. The average Bonchev–Trinajstić information content (AvgIpc) is 3.37. The number of hydrogen-bond acceptors (Lipinski definition) is 7. The highest BCUT2D eigenvalue weighted by Crippen LogP contribution is 2.43. The third-order valence-corrected chi connectivity index (χ3v) is 7.34. The molecule has 0 saturated carbocycles. The van der Waals surface area contributed by atoms with Crippen molar-refractivity contribution in [1.29, 1.82) is 5.26 Å². The first-order chi connectivity index (χ1) is 18.9. The molecule has 4 rings (SSSR count). The van der Waals surface area contributed by atoms with E-state index in [1.165, 1.54) is 12.3 Å². The van der Waals surface area contributed by atoms with Crippen molar-refractivity contribution < 1.29 is 14.3 Å². The summed E-state index contributed by atoms with van der Waals surface area (Å²) in [5.41, 5.74) is 0.908. The second-order valence-corrected chi connectivity index (χ2v) is 11.0. The summed E-state index contributed by atoms with van der Waals surface area (Å²) in [6.45, 7) is 8.67. The summed E-state index contributed by atoms with van der Waals surface area (Å²) >= 11 is 6.24. The molecule has 1 fully saturated rings. The summed E-state index contributed by atoms with van der Waals surface area (Å²) in [6, 6.07) is 11.3. The Hall–Kier alpha value is -4.23. The van der Waals surface area contributed by atoms with Gasteiger partial charge in [-0.05, 0) is 71.2 Å². The molecular formula is C29H31ClN6O4. The third kappa shape index (κ3) is 6.00. The van der Waals surface area contributed by atoms with Gasteiger partial charge in [-0.2, -0.15) is 10.4 Å².